The molecule has 4 nitrogen and oxygen atoms in total. The maximum atomic E-state index is 11.0. The van der Waals surface area contributed by atoms with Crippen molar-refractivity contribution < 1.29 is 9.90 Å². The largest absolute Gasteiger partial charge is 0.478 e. The van der Waals surface area contributed by atoms with E-state index in [0.29, 0.717) is 5.56 Å². The van der Waals surface area contributed by atoms with Crippen LogP contribution in [0.15, 0.2) is 30.5 Å². The van der Waals surface area contributed by atoms with Crippen molar-refractivity contribution in [2.45, 2.75) is 0 Å². The predicted octanol–water partition coefficient (Wildman–Crippen LogP) is 2.38. The molecular weight excluding hydrogens is 307 g/mol. The zero-order valence-electron chi connectivity index (χ0n) is 7.57. The molecule has 76 valence electrons. The summed E-state index contributed by atoms with van der Waals surface area (Å²) in [6, 6.07) is 6.85. The van der Waals surface area contributed by atoms with Crippen LogP contribution in [0.25, 0.3) is 11.3 Å². The summed E-state index contributed by atoms with van der Waals surface area (Å²) in [5.74, 6) is -0.934. The van der Waals surface area contributed by atoms with Crippen molar-refractivity contribution in [1.29, 1.82) is 0 Å². The average molecular weight is 314 g/mol. The minimum Gasteiger partial charge on any atom is -0.478 e. The highest BCUT2D eigenvalue weighted by Crippen LogP contribution is 2.25. The molecule has 0 radical (unpaired) electrons. The number of nitrogens with one attached hydrogen (secondary N) is 1. The Bertz CT molecular complexity index is 508. The number of rotatable bonds is 2. The van der Waals surface area contributed by atoms with Crippen molar-refractivity contribution in [3.8, 4) is 11.3 Å². The summed E-state index contributed by atoms with van der Waals surface area (Å²) in [6.07, 6.45) is 1.66. The van der Waals surface area contributed by atoms with Gasteiger partial charge in [0.2, 0.25) is 0 Å². The Hall–Kier alpha value is -1.37. The Morgan fingerprint density at radius 3 is 2.73 bits per heavy atom. The molecule has 0 fully saturated rings. The molecule has 0 saturated carbocycles. The zero-order chi connectivity index (χ0) is 10.8. The molecule has 1 aromatic carbocycles. The molecule has 2 aromatic rings. The van der Waals surface area contributed by atoms with E-state index in [4.69, 9.17) is 5.11 Å². The highest BCUT2D eigenvalue weighted by atomic mass is 127. The first-order valence-electron chi connectivity index (χ1n) is 4.21. The summed E-state index contributed by atoms with van der Waals surface area (Å²) in [4.78, 5) is 11.0. The number of H-pyrrole nitrogens is 1. The van der Waals surface area contributed by atoms with Gasteiger partial charge in [-0.3, -0.25) is 5.10 Å². The van der Waals surface area contributed by atoms with Crippen LogP contribution in [0.2, 0.25) is 0 Å². The fourth-order valence-corrected chi connectivity index (χ4v) is 1.90. The standard InChI is InChI=1S/C10H7IN2O2/c11-8-5-12-13-9(8)6-3-1-2-4-7(6)10(14)15/h1-5H,(H,12,13)(H,14,15). The van der Waals surface area contributed by atoms with Gasteiger partial charge in [-0.05, 0) is 28.7 Å². The molecular formula is C10H7IN2O2. The first kappa shape index (κ1) is 10.2. The molecule has 0 amide bonds. The van der Waals surface area contributed by atoms with Crippen molar-refractivity contribution in [2.75, 3.05) is 0 Å². The van der Waals surface area contributed by atoms with Crippen LogP contribution in [0.5, 0.6) is 0 Å². The average Bonchev–Trinajstić information content (AvgIpc) is 2.64. The number of aromatic amines is 1. The number of carbonyl (C=O) groups is 1. The number of hydrogen-bond acceptors (Lipinski definition) is 2. The first-order chi connectivity index (χ1) is 7.20. The minimum absolute atomic E-state index is 0.277. The molecule has 0 spiro atoms. The maximum absolute atomic E-state index is 11.0. The molecule has 0 saturated heterocycles. The predicted molar refractivity (Wildman–Crippen MR) is 63.7 cm³/mol. The summed E-state index contributed by atoms with van der Waals surface area (Å²) in [6.45, 7) is 0. The first-order valence-corrected chi connectivity index (χ1v) is 5.29. The lowest BCUT2D eigenvalue weighted by molar-refractivity contribution is 0.0697. The SMILES string of the molecule is O=C(O)c1ccccc1-c1[nH]ncc1I. The molecule has 0 bridgehead atoms. The van der Waals surface area contributed by atoms with E-state index in [-0.39, 0.29) is 5.56 Å². The van der Waals surface area contributed by atoms with Crippen LogP contribution in [0, 0.1) is 3.57 Å². The van der Waals surface area contributed by atoms with Gasteiger partial charge in [0.05, 0.1) is 21.0 Å². The molecule has 0 aliphatic heterocycles. The third-order valence-electron chi connectivity index (χ3n) is 2.02. The fourth-order valence-electron chi connectivity index (χ4n) is 1.35. The number of aromatic nitrogens is 2. The second kappa shape index (κ2) is 4.01. The fraction of sp³-hybridized carbons (Fsp3) is 0. The summed E-state index contributed by atoms with van der Waals surface area (Å²) < 4.78 is 0.904. The Morgan fingerprint density at radius 2 is 2.13 bits per heavy atom. The molecule has 1 aromatic heterocycles. The van der Waals surface area contributed by atoms with Crippen LogP contribution >= 0.6 is 22.6 Å². The lowest BCUT2D eigenvalue weighted by Gasteiger charge is -2.03. The van der Waals surface area contributed by atoms with E-state index in [1.165, 1.54) is 0 Å². The van der Waals surface area contributed by atoms with Gasteiger partial charge >= 0.3 is 5.97 Å². The quantitative estimate of drug-likeness (QED) is 0.837. The van der Waals surface area contributed by atoms with Gasteiger partial charge < -0.3 is 5.11 Å². The van der Waals surface area contributed by atoms with Crippen LogP contribution < -0.4 is 0 Å². The smallest absolute Gasteiger partial charge is 0.336 e. The van der Waals surface area contributed by atoms with E-state index in [1.807, 2.05) is 0 Å². The molecule has 0 aliphatic carbocycles. The van der Waals surface area contributed by atoms with Gasteiger partial charge in [-0.15, -0.1) is 0 Å². The summed E-state index contributed by atoms with van der Waals surface area (Å²) >= 11 is 2.11. The highest BCUT2D eigenvalue weighted by Gasteiger charge is 2.13. The topological polar surface area (TPSA) is 66.0 Å². The van der Waals surface area contributed by atoms with Crippen LogP contribution in [0.4, 0.5) is 0 Å². The molecule has 5 heteroatoms. The van der Waals surface area contributed by atoms with Crippen molar-refractivity contribution in [1.82, 2.24) is 10.2 Å². The molecule has 2 rings (SSSR count). The number of carboxylic acid groups (broad SMARTS) is 1. The zero-order valence-corrected chi connectivity index (χ0v) is 9.72. The highest BCUT2D eigenvalue weighted by molar-refractivity contribution is 14.1. The van der Waals surface area contributed by atoms with Gasteiger partial charge in [0.1, 0.15) is 0 Å². The van der Waals surface area contributed by atoms with Crippen LogP contribution in [0.1, 0.15) is 10.4 Å². The van der Waals surface area contributed by atoms with Crippen LogP contribution in [-0.2, 0) is 0 Å². The van der Waals surface area contributed by atoms with E-state index < -0.39 is 5.97 Å². The Labute approximate surface area is 99.5 Å². The molecule has 15 heavy (non-hydrogen) atoms. The van der Waals surface area contributed by atoms with Crippen molar-refractivity contribution in [2.24, 2.45) is 0 Å². The molecule has 1 heterocycles. The van der Waals surface area contributed by atoms with E-state index in [9.17, 15) is 4.79 Å². The third-order valence-corrected chi connectivity index (χ3v) is 2.84. The Balaban J connectivity index is 2.63. The van der Waals surface area contributed by atoms with Gasteiger partial charge in [-0.1, -0.05) is 18.2 Å². The van der Waals surface area contributed by atoms with E-state index in [1.54, 1.807) is 30.5 Å². The monoisotopic (exact) mass is 314 g/mol. The van der Waals surface area contributed by atoms with Gasteiger partial charge in [0, 0.05) is 5.56 Å². The summed E-state index contributed by atoms with van der Waals surface area (Å²) in [5.41, 5.74) is 1.68. The normalized spacial score (nSPS) is 10.2. The van der Waals surface area contributed by atoms with Crippen LogP contribution in [0.3, 0.4) is 0 Å². The van der Waals surface area contributed by atoms with Gasteiger partial charge in [-0.25, -0.2) is 4.79 Å². The minimum atomic E-state index is -0.934. The van der Waals surface area contributed by atoms with E-state index in [2.05, 4.69) is 32.8 Å². The summed E-state index contributed by atoms with van der Waals surface area (Å²) in [7, 11) is 0. The Morgan fingerprint density at radius 1 is 1.40 bits per heavy atom. The van der Waals surface area contributed by atoms with Crippen molar-refractivity contribution in [3.05, 3.63) is 39.6 Å². The molecule has 2 N–H and O–H groups in total. The maximum Gasteiger partial charge on any atom is 0.336 e. The van der Waals surface area contributed by atoms with Gasteiger partial charge in [0.15, 0.2) is 0 Å². The van der Waals surface area contributed by atoms with Gasteiger partial charge in [-0.2, -0.15) is 5.10 Å². The number of aromatic carboxylic acids is 1. The molecule has 0 unspecified atom stereocenters. The number of benzene rings is 1. The van der Waals surface area contributed by atoms with Crippen molar-refractivity contribution in [3.63, 3.8) is 0 Å². The summed E-state index contributed by atoms with van der Waals surface area (Å²) in [5, 5.41) is 15.7. The number of nitrogens with zero attached hydrogens (tertiary/aromatic N) is 1. The van der Waals surface area contributed by atoms with Gasteiger partial charge in [0.25, 0.3) is 0 Å². The second-order valence-electron chi connectivity index (χ2n) is 2.94. The van der Waals surface area contributed by atoms with E-state index in [0.717, 1.165) is 9.26 Å². The number of carboxylic acids is 1. The number of halogens is 1. The van der Waals surface area contributed by atoms with Crippen molar-refractivity contribution >= 4 is 28.6 Å². The Kier molecular flexibility index (Phi) is 2.72. The lowest BCUT2D eigenvalue weighted by atomic mass is 10.1. The lowest BCUT2D eigenvalue weighted by Crippen LogP contribution is -1.99. The van der Waals surface area contributed by atoms with Crippen LogP contribution in [-0.4, -0.2) is 21.3 Å². The molecule has 0 atom stereocenters. The third kappa shape index (κ3) is 1.87. The number of hydrogen-bond donors (Lipinski definition) is 2. The second-order valence-corrected chi connectivity index (χ2v) is 4.11. The molecule has 0 aliphatic rings. The van der Waals surface area contributed by atoms with E-state index >= 15 is 0 Å².